The zero-order valence-electron chi connectivity index (χ0n) is 15.4. The Hall–Kier alpha value is -3.38. The van der Waals surface area contributed by atoms with E-state index in [0.29, 0.717) is 13.0 Å². The van der Waals surface area contributed by atoms with Crippen LogP contribution in [0.3, 0.4) is 0 Å². The molecule has 29 heavy (non-hydrogen) atoms. The maximum Gasteiger partial charge on any atom is 0.341 e. The van der Waals surface area contributed by atoms with Crippen LogP contribution < -0.4 is 5.43 Å². The molecule has 1 fully saturated rings. The predicted molar refractivity (Wildman–Crippen MR) is 106 cm³/mol. The smallest absolute Gasteiger partial charge is 0.341 e. The molecule has 1 saturated heterocycles. The Balaban J connectivity index is 1.54. The van der Waals surface area contributed by atoms with Gasteiger partial charge in [-0.05, 0) is 40.3 Å². The van der Waals surface area contributed by atoms with E-state index >= 15 is 0 Å². The summed E-state index contributed by atoms with van der Waals surface area (Å²) >= 11 is 0. The molecule has 1 aromatic carbocycles. The summed E-state index contributed by atoms with van der Waals surface area (Å²) in [7, 11) is 0. The molecule has 0 radical (unpaired) electrons. The van der Waals surface area contributed by atoms with E-state index in [1.807, 2.05) is 10.6 Å². The Kier molecular flexibility index (Phi) is 3.32. The minimum absolute atomic E-state index is 0.00181. The number of benzene rings is 1. The fourth-order valence-electron chi connectivity index (χ4n) is 4.98. The van der Waals surface area contributed by atoms with Crippen LogP contribution in [0.4, 0.5) is 0 Å². The van der Waals surface area contributed by atoms with E-state index in [1.165, 1.54) is 17.8 Å². The van der Waals surface area contributed by atoms with E-state index in [0.717, 1.165) is 40.0 Å². The Morgan fingerprint density at radius 1 is 1.17 bits per heavy atom. The molecule has 6 rings (SSSR count). The van der Waals surface area contributed by atoms with Gasteiger partial charge in [0, 0.05) is 36.5 Å². The van der Waals surface area contributed by atoms with Crippen LogP contribution in [0.5, 0.6) is 0 Å². The zero-order chi connectivity index (χ0) is 19.7. The van der Waals surface area contributed by atoms with Crippen molar-refractivity contribution in [1.29, 1.82) is 0 Å². The first-order chi connectivity index (χ1) is 14.1. The van der Waals surface area contributed by atoms with Crippen LogP contribution in [0.15, 0.2) is 58.3 Å². The lowest BCUT2D eigenvalue weighted by atomic mass is 9.89. The summed E-state index contributed by atoms with van der Waals surface area (Å²) in [4.78, 5) is 23.9. The SMILES string of the molecule is O=C(O)c1cn2c(cc1=O)C1=C(c3ccc(-c4ccoc4)cc3C1)[C@H]1OCC[C@H]12. The quantitative estimate of drug-likeness (QED) is 0.726. The molecule has 0 saturated carbocycles. The van der Waals surface area contributed by atoms with Crippen molar-refractivity contribution < 1.29 is 19.1 Å². The second-order valence-electron chi connectivity index (χ2n) is 7.75. The highest BCUT2D eigenvalue weighted by Gasteiger charge is 2.43. The van der Waals surface area contributed by atoms with Gasteiger partial charge in [-0.1, -0.05) is 18.2 Å². The number of allylic oxidation sites excluding steroid dienone is 1. The van der Waals surface area contributed by atoms with Crippen molar-refractivity contribution in [1.82, 2.24) is 4.57 Å². The Bertz CT molecular complexity index is 1260. The zero-order valence-corrected chi connectivity index (χ0v) is 15.4. The largest absolute Gasteiger partial charge is 0.477 e. The third-order valence-corrected chi connectivity index (χ3v) is 6.26. The number of carbonyl (C=O) groups is 1. The van der Waals surface area contributed by atoms with Crippen molar-refractivity contribution in [2.24, 2.45) is 0 Å². The van der Waals surface area contributed by atoms with Crippen LogP contribution >= 0.6 is 0 Å². The molecule has 2 aromatic heterocycles. The highest BCUT2D eigenvalue weighted by Crippen LogP contribution is 2.50. The lowest BCUT2D eigenvalue weighted by molar-refractivity contribution is 0.0693. The maximum atomic E-state index is 12.4. The Morgan fingerprint density at radius 3 is 2.86 bits per heavy atom. The molecule has 6 nitrogen and oxygen atoms in total. The number of ether oxygens (including phenoxy) is 1. The number of furan rings is 1. The number of hydrogen-bond acceptors (Lipinski definition) is 4. The predicted octanol–water partition coefficient (Wildman–Crippen LogP) is 3.62. The van der Waals surface area contributed by atoms with Crippen LogP contribution in [-0.4, -0.2) is 28.4 Å². The van der Waals surface area contributed by atoms with Gasteiger partial charge in [0.1, 0.15) is 11.7 Å². The topological polar surface area (TPSA) is 81.7 Å². The first kappa shape index (κ1) is 16.6. The summed E-state index contributed by atoms with van der Waals surface area (Å²) in [6.45, 7) is 0.614. The van der Waals surface area contributed by atoms with Gasteiger partial charge in [0.15, 0.2) is 5.43 Å². The Labute approximate surface area is 165 Å². The van der Waals surface area contributed by atoms with Crippen molar-refractivity contribution in [3.63, 3.8) is 0 Å². The fraction of sp³-hybridized carbons (Fsp3) is 0.217. The minimum Gasteiger partial charge on any atom is -0.477 e. The van der Waals surface area contributed by atoms with Gasteiger partial charge in [0.2, 0.25) is 0 Å². The van der Waals surface area contributed by atoms with Gasteiger partial charge in [-0.25, -0.2) is 4.79 Å². The highest BCUT2D eigenvalue weighted by atomic mass is 16.5. The minimum atomic E-state index is -1.19. The van der Waals surface area contributed by atoms with E-state index in [2.05, 4.69) is 18.2 Å². The van der Waals surface area contributed by atoms with Gasteiger partial charge >= 0.3 is 5.97 Å². The molecule has 3 aromatic rings. The molecule has 1 aliphatic carbocycles. The number of fused-ring (bicyclic) bond motifs is 7. The lowest BCUT2D eigenvalue weighted by Gasteiger charge is -2.32. The van der Waals surface area contributed by atoms with Crippen LogP contribution in [-0.2, 0) is 11.2 Å². The van der Waals surface area contributed by atoms with Crippen molar-refractivity contribution in [3.8, 4) is 11.1 Å². The maximum absolute atomic E-state index is 12.4. The molecule has 4 heterocycles. The van der Waals surface area contributed by atoms with Crippen molar-refractivity contribution in [2.75, 3.05) is 6.61 Å². The number of pyridine rings is 1. The first-order valence-electron chi connectivity index (χ1n) is 9.62. The lowest BCUT2D eigenvalue weighted by Crippen LogP contribution is -2.31. The fourth-order valence-corrected chi connectivity index (χ4v) is 4.98. The summed E-state index contributed by atoms with van der Waals surface area (Å²) in [5.41, 5.74) is 6.81. The van der Waals surface area contributed by atoms with E-state index in [4.69, 9.17) is 9.15 Å². The molecular formula is C23H17NO5. The summed E-state index contributed by atoms with van der Waals surface area (Å²) in [5, 5.41) is 9.39. The number of aromatic nitrogens is 1. The molecule has 144 valence electrons. The summed E-state index contributed by atoms with van der Waals surface area (Å²) in [5.74, 6) is -1.19. The second kappa shape index (κ2) is 5.81. The summed E-state index contributed by atoms with van der Waals surface area (Å²) in [6, 6.07) is 9.79. The monoisotopic (exact) mass is 387 g/mol. The first-order valence-corrected chi connectivity index (χ1v) is 9.62. The molecule has 2 atom stereocenters. The van der Waals surface area contributed by atoms with Gasteiger partial charge in [0.05, 0.1) is 18.6 Å². The average molecular weight is 387 g/mol. The van der Waals surface area contributed by atoms with E-state index in [9.17, 15) is 14.7 Å². The molecule has 1 N–H and O–H groups in total. The van der Waals surface area contributed by atoms with Crippen molar-refractivity contribution in [2.45, 2.75) is 25.0 Å². The van der Waals surface area contributed by atoms with Crippen LogP contribution in [0.2, 0.25) is 0 Å². The third-order valence-electron chi connectivity index (χ3n) is 6.26. The molecule has 6 heteroatoms. The number of carboxylic acids is 1. The van der Waals surface area contributed by atoms with Gasteiger partial charge in [-0.3, -0.25) is 4.79 Å². The second-order valence-corrected chi connectivity index (χ2v) is 7.75. The average Bonchev–Trinajstić information content (AvgIpc) is 3.45. The van der Waals surface area contributed by atoms with Crippen molar-refractivity contribution >= 4 is 17.1 Å². The third kappa shape index (κ3) is 2.26. The number of aromatic carboxylic acids is 1. The summed E-state index contributed by atoms with van der Waals surface area (Å²) in [6.07, 6.45) is 6.24. The molecular weight excluding hydrogens is 370 g/mol. The molecule has 2 aliphatic heterocycles. The van der Waals surface area contributed by atoms with Gasteiger partial charge in [-0.2, -0.15) is 0 Å². The summed E-state index contributed by atoms with van der Waals surface area (Å²) < 4.78 is 13.3. The number of rotatable bonds is 2. The molecule has 0 amide bonds. The van der Waals surface area contributed by atoms with Gasteiger partial charge in [0.25, 0.3) is 0 Å². The standard InChI is InChI=1S/C23H17NO5/c25-20-9-19-16-8-14-7-12(13-3-5-28-11-13)1-2-15(14)21(16)22-18(4-6-29-22)24(19)10-17(20)23(26)27/h1-3,5,7,9-11,18,22H,4,6,8H2,(H,26,27)/t18-,22+/m1/s1. The highest BCUT2D eigenvalue weighted by molar-refractivity contribution is 6.00. The van der Waals surface area contributed by atoms with E-state index < -0.39 is 11.4 Å². The Morgan fingerprint density at radius 2 is 2.07 bits per heavy atom. The van der Waals surface area contributed by atoms with Gasteiger partial charge in [-0.15, -0.1) is 0 Å². The number of carboxylic acid groups (broad SMARTS) is 1. The van der Waals surface area contributed by atoms with Crippen molar-refractivity contribution in [3.05, 3.63) is 81.7 Å². The van der Waals surface area contributed by atoms with E-state index in [1.54, 1.807) is 12.5 Å². The van der Waals surface area contributed by atoms with Crippen LogP contribution in [0.1, 0.15) is 39.6 Å². The molecule has 3 aliphatic rings. The molecule has 0 unspecified atom stereocenters. The normalized spacial score (nSPS) is 21.5. The number of hydrogen-bond donors (Lipinski definition) is 1. The molecule has 0 bridgehead atoms. The van der Waals surface area contributed by atoms with E-state index in [-0.39, 0.29) is 17.7 Å². The van der Waals surface area contributed by atoms with Gasteiger partial charge < -0.3 is 18.8 Å². The number of nitrogens with zero attached hydrogens (tertiary/aromatic N) is 1. The van der Waals surface area contributed by atoms with Crippen LogP contribution in [0, 0.1) is 0 Å². The van der Waals surface area contributed by atoms with Crippen LogP contribution in [0.25, 0.3) is 22.3 Å². The molecule has 0 spiro atoms.